The van der Waals surface area contributed by atoms with E-state index in [9.17, 15) is 9.59 Å². The van der Waals surface area contributed by atoms with Gasteiger partial charge in [0.1, 0.15) is 11.6 Å². The highest BCUT2D eigenvalue weighted by atomic mass is 16.5. The number of hydrogen-bond acceptors (Lipinski definition) is 4. The molecule has 0 saturated heterocycles. The molecule has 2 aromatic heterocycles. The van der Waals surface area contributed by atoms with Crippen LogP contribution in [0.15, 0.2) is 65.6 Å². The van der Waals surface area contributed by atoms with Gasteiger partial charge in [0.25, 0.3) is 11.5 Å². The van der Waals surface area contributed by atoms with Gasteiger partial charge in [-0.25, -0.2) is 4.98 Å². The molecule has 3 N–H and O–H groups in total. The standard InChI is InChI=1S/C26H28N4O3/c1-16-8-7-9-19(12-16)33-26(3,4)25(32)30-22(23-14-24(31)29-17(2)28-23)13-18-15-27-21-11-6-5-10-20(18)21/h5-12,14-15,22,27H,13H2,1-4H3,(H,30,32)(H,28,29,31). The largest absolute Gasteiger partial charge is 0.478 e. The van der Waals surface area contributed by atoms with Crippen LogP contribution in [-0.4, -0.2) is 26.5 Å². The van der Waals surface area contributed by atoms with E-state index in [2.05, 4.69) is 20.3 Å². The number of nitrogens with one attached hydrogen (secondary N) is 3. The molecule has 4 rings (SSSR count). The third-order valence-electron chi connectivity index (χ3n) is 5.55. The van der Waals surface area contributed by atoms with E-state index in [1.165, 1.54) is 6.07 Å². The summed E-state index contributed by atoms with van der Waals surface area (Å²) in [6.07, 6.45) is 2.39. The van der Waals surface area contributed by atoms with Gasteiger partial charge < -0.3 is 20.0 Å². The number of amides is 1. The minimum Gasteiger partial charge on any atom is -0.478 e. The summed E-state index contributed by atoms with van der Waals surface area (Å²) in [5.41, 5.74) is 2.18. The van der Waals surface area contributed by atoms with Gasteiger partial charge in [-0.05, 0) is 57.0 Å². The van der Waals surface area contributed by atoms with Crippen molar-refractivity contribution in [2.24, 2.45) is 0 Å². The van der Waals surface area contributed by atoms with Crippen molar-refractivity contribution in [3.05, 3.63) is 93.8 Å². The summed E-state index contributed by atoms with van der Waals surface area (Å²) in [6.45, 7) is 7.14. The molecule has 0 fully saturated rings. The maximum atomic E-state index is 13.3. The Kier molecular flexibility index (Phi) is 6.05. The highest BCUT2D eigenvalue weighted by molar-refractivity contribution is 5.86. The van der Waals surface area contributed by atoms with Gasteiger partial charge in [-0.2, -0.15) is 0 Å². The Hall–Kier alpha value is -3.87. The lowest BCUT2D eigenvalue weighted by Gasteiger charge is -2.28. The quantitative estimate of drug-likeness (QED) is 0.399. The molecular formula is C26H28N4O3. The third-order valence-corrected chi connectivity index (χ3v) is 5.55. The SMILES string of the molecule is Cc1cccc(OC(C)(C)C(=O)NC(Cc2c[nH]c3ccccc23)c2cc(=O)[nH]c(C)n2)c1. The highest BCUT2D eigenvalue weighted by Gasteiger charge is 2.33. The van der Waals surface area contributed by atoms with Crippen LogP contribution >= 0.6 is 0 Å². The van der Waals surface area contributed by atoms with Gasteiger partial charge >= 0.3 is 0 Å². The van der Waals surface area contributed by atoms with Crippen molar-refractivity contribution in [2.75, 3.05) is 0 Å². The Morgan fingerprint density at radius 3 is 2.67 bits per heavy atom. The van der Waals surface area contributed by atoms with Gasteiger partial charge in [0, 0.05) is 29.6 Å². The first-order valence-electron chi connectivity index (χ1n) is 10.9. The minimum absolute atomic E-state index is 0.258. The number of aromatic nitrogens is 3. The van der Waals surface area contributed by atoms with E-state index in [0.717, 1.165) is 22.0 Å². The number of carbonyl (C=O) groups excluding carboxylic acids is 1. The number of para-hydroxylation sites is 1. The summed E-state index contributed by atoms with van der Waals surface area (Å²) in [4.78, 5) is 35.9. The lowest BCUT2D eigenvalue weighted by Crippen LogP contribution is -2.48. The topological polar surface area (TPSA) is 99.9 Å². The number of fused-ring (bicyclic) bond motifs is 1. The molecule has 0 spiro atoms. The zero-order valence-corrected chi connectivity index (χ0v) is 19.2. The summed E-state index contributed by atoms with van der Waals surface area (Å²) < 4.78 is 6.03. The second kappa shape index (κ2) is 8.94. The fourth-order valence-corrected chi connectivity index (χ4v) is 3.88. The molecule has 2 heterocycles. The number of ether oxygens (including phenoxy) is 1. The molecule has 33 heavy (non-hydrogen) atoms. The molecule has 0 aliphatic rings. The lowest BCUT2D eigenvalue weighted by atomic mass is 10.0. The van der Waals surface area contributed by atoms with Gasteiger partial charge in [-0.3, -0.25) is 9.59 Å². The first-order chi connectivity index (χ1) is 15.7. The van der Waals surface area contributed by atoms with Crippen LogP contribution < -0.4 is 15.6 Å². The van der Waals surface area contributed by atoms with Crippen molar-refractivity contribution in [3.8, 4) is 5.75 Å². The van der Waals surface area contributed by atoms with Crippen molar-refractivity contribution in [1.82, 2.24) is 20.3 Å². The van der Waals surface area contributed by atoms with Gasteiger partial charge in [-0.15, -0.1) is 0 Å². The van der Waals surface area contributed by atoms with E-state index in [-0.39, 0.29) is 11.5 Å². The molecule has 1 unspecified atom stereocenters. The molecule has 0 bridgehead atoms. The van der Waals surface area contributed by atoms with Crippen LogP contribution in [0.25, 0.3) is 10.9 Å². The Balaban J connectivity index is 1.64. The Morgan fingerprint density at radius 1 is 1.12 bits per heavy atom. The van der Waals surface area contributed by atoms with E-state index in [1.54, 1.807) is 20.8 Å². The third kappa shape index (κ3) is 5.14. The summed E-state index contributed by atoms with van der Waals surface area (Å²) in [7, 11) is 0. The van der Waals surface area contributed by atoms with Crippen molar-refractivity contribution >= 4 is 16.8 Å². The number of aromatic amines is 2. The van der Waals surface area contributed by atoms with E-state index in [4.69, 9.17) is 4.74 Å². The van der Waals surface area contributed by atoms with E-state index < -0.39 is 11.6 Å². The molecule has 0 aliphatic carbocycles. The first kappa shape index (κ1) is 22.3. The summed E-state index contributed by atoms with van der Waals surface area (Å²) >= 11 is 0. The number of carbonyl (C=O) groups is 1. The fraction of sp³-hybridized carbons (Fsp3) is 0.269. The second-order valence-electron chi connectivity index (χ2n) is 8.77. The van der Waals surface area contributed by atoms with Crippen molar-refractivity contribution in [2.45, 2.75) is 45.8 Å². The van der Waals surface area contributed by atoms with Crippen LogP contribution in [-0.2, 0) is 11.2 Å². The van der Waals surface area contributed by atoms with Crippen LogP contribution in [0.3, 0.4) is 0 Å². The normalized spacial score (nSPS) is 12.5. The molecule has 0 aliphatic heterocycles. The van der Waals surface area contributed by atoms with Gasteiger partial charge in [0.15, 0.2) is 5.60 Å². The summed E-state index contributed by atoms with van der Waals surface area (Å²) in [6, 6.07) is 16.5. The Morgan fingerprint density at radius 2 is 1.91 bits per heavy atom. The molecule has 1 amide bonds. The molecule has 7 heteroatoms. The molecule has 0 radical (unpaired) electrons. The number of H-pyrrole nitrogens is 2. The average molecular weight is 445 g/mol. The van der Waals surface area contributed by atoms with Crippen molar-refractivity contribution in [3.63, 3.8) is 0 Å². The lowest BCUT2D eigenvalue weighted by molar-refractivity contribution is -0.135. The average Bonchev–Trinajstić information content (AvgIpc) is 3.15. The van der Waals surface area contributed by atoms with Gasteiger partial charge in [-0.1, -0.05) is 30.3 Å². The zero-order valence-electron chi connectivity index (χ0n) is 19.2. The monoisotopic (exact) mass is 444 g/mol. The number of benzene rings is 2. The predicted octanol–water partition coefficient (Wildman–Crippen LogP) is 4.13. The van der Waals surface area contributed by atoms with Crippen LogP contribution in [0.4, 0.5) is 0 Å². The number of aryl methyl sites for hydroxylation is 2. The predicted molar refractivity (Wildman–Crippen MR) is 128 cm³/mol. The maximum absolute atomic E-state index is 13.3. The Labute approximate surface area is 192 Å². The maximum Gasteiger partial charge on any atom is 0.264 e. The number of rotatable bonds is 7. The molecule has 1 atom stereocenters. The molecule has 170 valence electrons. The molecule has 0 saturated carbocycles. The minimum atomic E-state index is -1.14. The smallest absolute Gasteiger partial charge is 0.264 e. The fourth-order valence-electron chi connectivity index (χ4n) is 3.88. The second-order valence-corrected chi connectivity index (χ2v) is 8.77. The van der Waals surface area contributed by atoms with Crippen LogP contribution in [0.5, 0.6) is 5.75 Å². The van der Waals surface area contributed by atoms with Gasteiger partial charge in [0.2, 0.25) is 0 Å². The Bertz CT molecular complexity index is 1350. The van der Waals surface area contributed by atoms with Crippen LogP contribution in [0.1, 0.15) is 42.5 Å². The molecular weight excluding hydrogens is 416 g/mol. The van der Waals surface area contributed by atoms with E-state index in [0.29, 0.717) is 23.7 Å². The highest BCUT2D eigenvalue weighted by Crippen LogP contribution is 2.25. The molecule has 4 aromatic rings. The molecule has 2 aromatic carbocycles. The van der Waals surface area contributed by atoms with E-state index in [1.807, 2.05) is 61.7 Å². The van der Waals surface area contributed by atoms with Gasteiger partial charge in [0.05, 0.1) is 11.7 Å². The van der Waals surface area contributed by atoms with Crippen molar-refractivity contribution in [1.29, 1.82) is 0 Å². The molecule has 7 nitrogen and oxygen atoms in total. The first-order valence-corrected chi connectivity index (χ1v) is 10.9. The zero-order chi connectivity index (χ0) is 23.6. The number of nitrogens with zero attached hydrogens (tertiary/aromatic N) is 1. The van der Waals surface area contributed by atoms with Crippen molar-refractivity contribution < 1.29 is 9.53 Å². The van der Waals surface area contributed by atoms with Crippen LogP contribution in [0, 0.1) is 13.8 Å². The van der Waals surface area contributed by atoms with Crippen LogP contribution in [0.2, 0.25) is 0 Å². The van der Waals surface area contributed by atoms with E-state index >= 15 is 0 Å². The number of hydrogen-bond donors (Lipinski definition) is 3. The summed E-state index contributed by atoms with van der Waals surface area (Å²) in [5, 5.41) is 4.14. The summed E-state index contributed by atoms with van der Waals surface area (Å²) in [5.74, 6) is 0.813.